The highest BCUT2D eigenvalue weighted by molar-refractivity contribution is 7.89. The molecule has 0 saturated carbocycles. The molecular weight excluding hydrogens is 314 g/mol. The monoisotopic (exact) mass is 333 g/mol. The Hall–Kier alpha value is -1.15. The first-order valence-corrected chi connectivity index (χ1v) is 8.18. The summed E-state index contributed by atoms with van der Waals surface area (Å²) in [5.74, 6) is -0.0995. The smallest absolute Gasteiger partial charge is 0.241 e. The van der Waals surface area contributed by atoms with E-state index in [1.54, 1.807) is 12.1 Å². The summed E-state index contributed by atoms with van der Waals surface area (Å²) in [7, 11) is -3.11. The van der Waals surface area contributed by atoms with Gasteiger partial charge in [0.25, 0.3) is 0 Å². The Morgan fingerprint density at radius 2 is 2.00 bits per heavy atom. The van der Waals surface area contributed by atoms with Crippen molar-refractivity contribution in [2.75, 3.05) is 25.4 Å². The summed E-state index contributed by atoms with van der Waals surface area (Å²) < 4.78 is 24.6. The van der Waals surface area contributed by atoms with Gasteiger partial charge in [-0.3, -0.25) is 4.79 Å². The zero-order valence-corrected chi connectivity index (χ0v) is 13.2. The second-order valence-corrected chi connectivity index (χ2v) is 6.84. The number of nitrogens with two attached hydrogens (primary N) is 1. The molecule has 1 aliphatic rings. The van der Waals surface area contributed by atoms with Crippen molar-refractivity contribution in [3.63, 3.8) is 0 Å². The lowest BCUT2D eigenvalue weighted by atomic mass is 10.1. The highest BCUT2D eigenvalue weighted by Crippen LogP contribution is 2.12. The number of carbonyl (C=O) groups excluding carboxylic acids is 1. The SMILES string of the molecule is Cl.NC(C(=O)NCCN1CCCS1(=O)=O)c1ccccc1. The van der Waals surface area contributed by atoms with Gasteiger partial charge in [0.15, 0.2) is 0 Å². The topological polar surface area (TPSA) is 92.5 Å². The zero-order valence-electron chi connectivity index (χ0n) is 11.6. The number of carbonyl (C=O) groups is 1. The number of hydrogen-bond acceptors (Lipinski definition) is 4. The minimum Gasteiger partial charge on any atom is -0.353 e. The summed E-state index contributed by atoms with van der Waals surface area (Å²) in [6.45, 7) is 1.11. The molecule has 1 aromatic rings. The first-order chi connectivity index (χ1) is 9.50. The van der Waals surface area contributed by atoms with Crippen molar-refractivity contribution in [2.45, 2.75) is 12.5 Å². The molecule has 3 N–H and O–H groups in total. The molecule has 1 aromatic carbocycles. The summed E-state index contributed by atoms with van der Waals surface area (Å²) in [6, 6.07) is 8.33. The molecule has 1 saturated heterocycles. The molecular formula is C13H20ClN3O3S. The Labute approximate surface area is 131 Å². The van der Waals surface area contributed by atoms with Gasteiger partial charge < -0.3 is 11.1 Å². The second kappa shape index (κ2) is 7.74. The Morgan fingerprint density at radius 3 is 2.57 bits per heavy atom. The van der Waals surface area contributed by atoms with E-state index in [0.717, 1.165) is 5.56 Å². The molecule has 0 aliphatic carbocycles. The number of hydrogen-bond donors (Lipinski definition) is 2. The molecule has 1 atom stereocenters. The van der Waals surface area contributed by atoms with Gasteiger partial charge in [0.05, 0.1) is 5.75 Å². The third kappa shape index (κ3) is 4.67. The predicted molar refractivity (Wildman–Crippen MR) is 83.6 cm³/mol. The fourth-order valence-corrected chi connectivity index (χ4v) is 3.70. The summed E-state index contributed by atoms with van der Waals surface area (Å²) in [5, 5.41) is 2.68. The van der Waals surface area contributed by atoms with Crippen LogP contribution in [0.2, 0.25) is 0 Å². The fraction of sp³-hybridized carbons (Fsp3) is 0.462. The van der Waals surface area contributed by atoms with Crippen LogP contribution in [-0.2, 0) is 14.8 Å². The average Bonchev–Trinajstić information content (AvgIpc) is 2.78. The van der Waals surface area contributed by atoms with Crippen LogP contribution in [0.15, 0.2) is 30.3 Å². The first-order valence-electron chi connectivity index (χ1n) is 6.57. The number of benzene rings is 1. The Morgan fingerprint density at radius 1 is 1.33 bits per heavy atom. The molecule has 118 valence electrons. The van der Waals surface area contributed by atoms with E-state index in [4.69, 9.17) is 5.73 Å². The highest BCUT2D eigenvalue weighted by Gasteiger charge is 2.27. The maximum absolute atomic E-state index is 11.9. The molecule has 1 aliphatic heterocycles. The largest absolute Gasteiger partial charge is 0.353 e. The van der Waals surface area contributed by atoms with Crippen molar-refractivity contribution < 1.29 is 13.2 Å². The number of rotatable bonds is 5. The van der Waals surface area contributed by atoms with Crippen LogP contribution < -0.4 is 11.1 Å². The lowest BCUT2D eigenvalue weighted by Crippen LogP contribution is -2.39. The lowest BCUT2D eigenvalue weighted by Gasteiger charge is -2.16. The van der Waals surface area contributed by atoms with Crippen molar-refractivity contribution in [2.24, 2.45) is 5.73 Å². The summed E-state index contributed by atoms with van der Waals surface area (Å²) in [4.78, 5) is 11.9. The quantitative estimate of drug-likeness (QED) is 0.808. The molecule has 1 unspecified atom stereocenters. The average molecular weight is 334 g/mol. The van der Waals surface area contributed by atoms with Gasteiger partial charge in [0, 0.05) is 19.6 Å². The minimum atomic E-state index is -3.11. The summed E-state index contributed by atoms with van der Waals surface area (Å²) in [6.07, 6.45) is 0.653. The Bertz CT molecular complexity index is 565. The van der Waals surface area contributed by atoms with Crippen LogP contribution >= 0.6 is 12.4 Å². The number of nitrogens with one attached hydrogen (secondary N) is 1. The molecule has 1 fully saturated rings. The van der Waals surface area contributed by atoms with Crippen LogP contribution in [0, 0.1) is 0 Å². The molecule has 21 heavy (non-hydrogen) atoms. The van der Waals surface area contributed by atoms with E-state index in [-0.39, 0.29) is 30.6 Å². The predicted octanol–water partition coefficient (Wildman–Crippen LogP) is 0.260. The van der Waals surface area contributed by atoms with Crippen LogP contribution in [0.25, 0.3) is 0 Å². The zero-order chi connectivity index (χ0) is 14.6. The van der Waals surface area contributed by atoms with E-state index >= 15 is 0 Å². The number of sulfonamides is 1. The molecule has 0 aromatic heterocycles. The van der Waals surface area contributed by atoms with Gasteiger partial charge in [-0.05, 0) is 12.0 Å². The maximum Gasteiger partial charge on any atom is 0.241 e. The number of amides is 1. The maximum atomic E-state index is 11.9. The third-order valence-corrected chi connectivity index (χ3v) is 5.26. The molecule has 2 rings (SSSR count). The molecule has 0 radical (unpaired) electrons. The first kappa shape index (κ1) is 17.9. The van der Waals surface area contributed by atoms with Crippen LogP contribution in [0.4, 0.5) is 0 Å². The summed E-state index contributed by atoms with van der Waals surface area (Å²) >= 11 is 0. The van der Waals surface area contributed by atoms with Crippen molar-refractivity contribution in [1.29, 1.82) is 0 Å². The van der Waals surface area contributed by atoms with E-state index in [0.29, 0.717) is 19.5 Å². The Balaban J connectivity index is 0.00000220. The second-order valence-electron chi connectivity index (χ2n) is 4.75. The van der Waals surface area contributed by atoms with Gasteiger partial charge >= 0.3 is 0 Å². The van der Waals surface area contributed by atoms with Gasteiger partial charge in [0.1, 0.15) is 6.04 Å². The van der Waals surface area contributed by atoms with E-state index in [1.807, 2.05) is 18.2 Å². The standard InChI is InChI=1S/C13H19N3O3S.ClH/c14-12(11-5-2-1-3-6-11)13(17)15-7-9-16-8-4-10-20(16,18)19;/h1-3,5-6,12H,4,7-10,14H2,(H,15,17);1H. The molecule has 1 heterocycles. The van der Waals surface area contributed by atoms with Crippen LogP contribution in [-0.4, -0.2) is 44.0 Å². The molecule has 1 amide bonds. The minimum absolute atomic E-state index is 0. The van der Waals surface area contributed by atoms with Crippen molar-refractivity contribution in [1.82, 2.24) is 9.62 Å². The van der Waals surface area contributed by atoms with Crippen molar-refractivity contribution >= 4 is 28.3 Å². The van der Waals surface area contributed by atoms with E-state index in [9.17, 15) is 13.2 Å². The van der Waals surface area contributed by atoms with Crippen LogP contribution in [0.5, 0.6) is 0 Å². The molecule has 0 bridgehead atoms. The lowest BCUT2D eigenvalue weighted by molar-refractivity contribution is -0.122. The number of halogens is 1. The van der Waals surface area contributed by atoms with E-state index in [1.165, 1.54) is 4.31 Å². The van der Waals surface area contributed by atoms with Gasteiger partial charge in [-0.1, -0.05) is 30.3 Å². The fourth-order valence-electron chi connectivity index (χ4n) is 2.17. The molecule has 6 nitrogen and oxygen atoms in total. The summed E-state index contributed by atoms with van der Waals surface area (Å²) in [5.41, 5.74) is 6.58. The molecule has 0 spiro atoms. The van der Waals surface area contributed by atoms with E-state index < -0.39 is 16.1 Å². The van der Waals surface area contributed by atoms with E-state index in [2.05, 4.69) is 5.32 Å². The van der Waals surface area contributed by atoms with Gasteiger partial charge in [-0.2, -0.15) is 0 Å². The number of nitrogens with zero attached hydrogens (tertiary/aromatic N) is 1. The van der Waals surface area contributed by atoms with Crippen molar-refractivity contribution in [3.05, 3.63) is 35.9 Å². The van der Waals surface area contributed by atoms with Crippen molar-refractivity contribution in [3.8, 4) is 0 Å². The van der Waals surface area contributed by atoms with Gasteiger partial charge in [-0.25, -0.2) is 12.7 Å². The van der Waals surface area contributed by atoms with Crippen LogP contribution in [0.3, 0.4) is 0 Å². The van der Waals surface area contributed by atoms with Gasteiger partial charge in [0.2, 0.25) is 15.9 Å². The highest BCUT2D eigenvalue weighted by atomic mass is 35.5. The Kier molecular flexibility index (Phi) is 6.60. The molecule has 8 heteroatoms. The third-order valence-electron chi connectivity index (χ3n) is 3.30. The van der Waals surface area contributed by atoms with Gasteiger partial charge in [-0.15, -0.1) is 12.4 Å². The normalized spacial score (nSPS) is 18.7. The van der Waals surface area contributed by atoms with Crippen LogP contribution in [0.1, 0.15) is 18.0 Å².